The molecule has 8 nitrogen and oxygen atoms in total. The van der Waals surface area contributed by atoms with Crippen LogP contribution in [-0.2, 0) is 13.1 Å². The number of pyridine rings is 2. The molecule has 0 amide bonds. The highest BCUT2D eigenvalue weighted by molar-refractivity contribution is 6.39. The molecule has 0 aliphatic heterocycles. The predicted molar refractivity (Wildman–Crippen MR) is 169 cm³/mol. The molecule has 5 rings (SSSR count). The summed E-state index contributed by atoms with van der Waals surface area (Å²) in [4.78, 5) is 12.8. The molecule has 0 saturated carbocycles. The monoisotopic (exact) mass is 625 g/mol. The Hall–Kier alpha value is -3.21. The van der Waals surface area contributed by atoms with Crippen molar-refractivity contribution in [1.82, 2.24) is 25.6 Å². The maximum atomic E-state index is 9.05. The van der Waals surface area contributed by atoms with Crippen molar-refractivity contribution in [3.63, 3.8) is 0 Å². The minimum absolute atomic E-state index is 0.0445. The van der Waals surface area contributed by atoms with E-state index >= 15 is 0 Å². The van der Waals surface area contributed by atoms with Gasteiger partial charge in [-0.25, -0.2) is 9.97 Å². The van der Waals surface area contributed by atoms with E-state index in [9.17, 15) is 0 Å². The van der Waals surface area contributed by atoms with Gasteiger partial charge in [0.25, 0.3) is 0 Å². The van der Waals surface area contributed by atoms with E-state index in [-0.39, 0.29) is 13.2 Å². The molecule has 0 spiro atoms. The highest BCUT2D eigenvalue weighted by Crippen LogP contribution is 2.42. The number of aromatic amines is 1. The van der Waals surface area contributed by atoms with Crippen molar-refractivity contribution in [3.05, 3.63) is 87.0 Å². The fourth-order valence-corrected chi connectivity index (χ4v) is 5.68. The quantitative estimate of drug-likeness (QED) is 0.106. The highest BCUT2D eigenvalue weighted by atomic mass is 35.5. The number of rotatable bonds is 12. The van der Waals surface area contributed by atoms with Crippen LogP contribution in [-0.4, -0.2) is 58.6 Å². The first-order valence-corrected chi connectivity index (χ1v) is 14.5. The Bertz CT molecular complexity index is 1710. The van der Waals surface area contributed by atoms with Crippen molar-refractivity contribution in [2.45, 2.75) is 13.1 Å². The summed E-state index contributed by atoms with van der Waals surface area (Å²) in [7, 11) is 1.58. The van der Waals surface area contributed by atoms with Gasteiger partial charge in [0.2, 0.25) is 5.88 Å². The van der Waals surface area contributed by atoms with E-state index in [2.05, 4.69) is 15.6 Å². The van der Waals surface area contributed by atoms with Crippen LogP contribution in [0.25, 0.3) is 44.7 Å². The van der Waals surface area contributed by atoms with Crippen LogP contribution in [0.3, 0.4) is 0 Å². The Labute approximate surface area is 258 Å². The van der Waals surface area contributed by atoms with Crippen molar-refractivity contribution in [2.75, 3.05) is 33.4 Å². The van der Waals surface area contributed by atoms with Gasteiger partial charge in [0, 0.05) is 65.1 Å². The number of aromatic nitrogens is 3. The van der Waals surface area contributed by atoms with Gasteiger partial charge in [-0.3, -0.25) is 0 Å². The van der Waals surface area contributed by atoms with Gasteiger partial charge < -0.3 is 30.6 Å². The molecular weight excluding hydrogens is 597 g/mol. The number of aliphatic hydroxyl groups excluding tert-OH is 2. The van der Waals surface area contributed by atoms with Crippen LogP contribution < -0.4 is 15.4 Å². The number of aliphatic hydroxyl groups is 2. The smallest absolute Gasteiger partial charge is 0.218 e. The summed E-state index contributed by atoms with van der Waals surface area (Å²) in [6, 6.07) is 19.2. The van der Waals surface area contributed by atoms with Crippen molar-refractivity contribution in [1.29, 1.82) is 0 Å². The highest BCUT2D eigenvalue weighted by Gasteiger charge is 2.18. The molecule has 0 aliphatic rings. The second-order valence-electron chi connectivity index (χ2n) is 9.51. The Balaban J connectivity index is 1.49. The van der Waals surface area contributed by atoms with Crippen molar-refractivity contribution in [2.24, 2.45) is 0 Å². The molecule has 218 valence electrons. The Morgan fingerprint density at radius 3 is 1.90 bits per heavy atom. The molecule has 0 bridgehead atoms. The minimum atomic E-state index is 0.0445. The number of hydrogen-bond acceptors (Lipinski definition) is 7. The maximum Gasteiger partial charge on any atom is 0.218 e. The van der Waals surface area contributed by atoms with Crippen LogP contribution in [0.1, 0.15) is 11.3 Å². The first-order valence-electron chi connectivity index (χ1n) is 13.4. The molecule has 0 fully saturated rings. The van der Waals surface area contributed by atoms with Crippen LogP contribution >= 0.6 is 34.8 Å². The zero-order valence-electron chi connectivity index (χ0n) is 22.8. The summed E-state index contributed by atoms with van der Waals surface area (Å²) in [5.41, 5.74) is 6.69. The second-order valence-corrected chi connectivity index (χ2v) is 10.6. The van der Waals surface area contributed by atoms with Gasteiger partial charge in [-0.1, -0.05) is 77.3 Å². The van der Waals surface area contributed by atoms with E-state index in [1.165, 1.54) is 0 Å². The molecule has 3 heterocycles. The second kappa shape index (κ2) is 13.8. The number of methoxy groups -OCH3 is 1. The first kappa shape index (κ1) is 30.3. The summed E-state index contributed by atoms with van der Waals surface area (Å²) in [5.74, 6) is 0.484. The molecule has 0 aliphatic carbocycles. The lowest BCUT2D eigenvalue weighted by atomic mass is 9.98. The number of fused-ring (bicyclic) bond motifs is 1. The van der Waals surface area contributed by atoms with Gasteiger partial charge in [0.15, 0.2) is 0 Å². The van der Waals surface area contributed by atoms with E-state index in [0.717, 1.165) is 38.9 Å². The van der Waals surface area contributed by atoms with Gasteiger partial charge in [-0.15, -0.1) is 0 Å². The lowest BCUT2D eigenvalue weighted by Crippen LogP contribution is -2.18. The van der Waals surface area contributed by atoms with E-state index in [1.54, 1.807) is 7.11 Å². The zero-order chi connectivity index (χ0) is 29.6. The van der Waals surface area contributed by atoms with Crippen LogP contribution in [0.15, 0.2) is 60.7 Å². The molecule has 3 aromatic heterocycles. The third-order valence-electron chi connectivity index (χ3n) is 6.83. The molecule has 5 aromatic rings. The molecule has 0 unspecified atom stereocenters. The predicted octanol–water partition coefficient (Wildman–Crippen LogP) is 6.09. The van der Waals surface area contributed by atoms with Gasteiger partial charge in [0.1, 0.15) is 5.65 Å². The van der Waals surface area contributed by atoms with Crippen molar-refractivity contribution in [3.8, 4) is 39.5 Å². The number of nitrogens with zero attached hydrogens (tertiary/aromatic N) is 2. The lowest BCUT2D eigenvalue weighted by Gasteiger charge is -2.15. The Morgan fingerprint density at radius 1 is 0.714 bits per heavy atom. The molecule has 42 heavy (non-hydrogen) atoms. The third-order valence-corrected chi connectivity index (χ3v) is 8.08. The number of nitrogens with one attached hydrogen (secondary N) is 3. The number of ether oxygens (including phenoxy) is 1. The summed E-state index contributed by atoms with van der Waals surface area (Å²) in [5, 5.41) is 26.8. The van der Waals surface area contributed by atoms with Crippen LogP contribution in [0, 0.1) is 0 Å². The number of halogens is 3. The van der Waals surface area contributed by atoms with Crippen molar-refractivity contribution >= 4 is 45.8 Å². The normalized spacial score (nSPS) is 11.4. The molecule has 0 atom stereocenters. The topological polar surface area (TPSA) is 115 Å². The summed E-state index contributed by atoms with van der Waals surface area (Å²) in [6.45, 7) is 2.04. The fraction of sp³-hybridized carbons (Fsp3) is 0.226. The average Bonchev–Trinajstić information content (AvgIpc) is 3.32. The lowest BCUT2D eigenvalue weighted by molar-refractivity contribution is 0.291. The zero-order valence-corrected chi connectivity index (χ0v) is 25.1. The van der Waals surface area contributed by atoms with E-state index < -0.39 is 0 Å². The third kappa shape index (κ3) is 6.26. The van der Waals surface area contributed by atoms with E-state index in [0.29, 0.717) is 64.2 Å². The van der Waals surface area contributed by atoms with E-state index in [4.69, 9.17) is 59.7 Å². The van der Waals surface area contributed by atoms with Gasteiger partial charge in [-0.05, 0) is 18.2 Å². The van der Waals surface area contributed by atoms with E-state index in [1.807, 2.05) is 60.7 Å². The molecule has 5 N–H and O–H groups in total. The fourth-order valence-electron chi connectivity index (χ4n) is 4.76. The first-order chi connectivity index (χ1) is 20.5. The number of benzene rings is 2. The average molecular weight is 627 g/mol. The van der Waals surface area contributed by atoms with Gasteiger partial charge in [0.05, 0.1) is 46.8 Å². The number of hydrogen-bond donors (Lipinski definition) is 5. The minimum Gasteiger partial charge on any atom is -0.481 e. The number of H-pyrrole nitrogens is 1. The van der Waals surface area contributed by atoms with Crippen LogP contribution in [0.2, 0.25) is 15.1 Å². The summed E-state index contributed by atoms with van der Waals surface area (Å²) in [6.07, 6.45) is 0. The van der Waals surface area contributed by atoms with Crippen molar-refractivity contribution < 1.29 is 14.9 Å². The SMILES string of the molecule is COc1nc(-c2cccc(-c3cccc(-c4ccc5c(Cl)c(CNCCO)[nH]c5n4)c3Cl)c2Cl)ccc1CNCCO. The largest absolute Gasteiger partial charge is 0.481 e. The Kier molecular flexibility index (Phi) is 9.97. The molecule has 11 heteroatoms. The van der Waals surface area contributed by atoms with Crippen LogP contribution in [0.4, 0.5) is 0 Å². The molecule has 2 aromatic carbocycles. The van der Waals surface area contributed by atoms with Crippen LogP contribution in [0.5, 0.6) is 5.88 Å². The van der Waals surface area contributed by atoms with Gasteiger partial charge >= 0.3 is 0 Å². The summed E-state index contributed by atoms with van der Waals surface area (Å²) < 4.78 is 5.53. The standard InChI is InChI=1S/C31H30Cl3N5O3/c1-42-31-18(16-35-12-14-40)8-10-25(39-31)22-7-3-5-20(28(22)33)19-4-2-6-21(27(19)32)24-11-9-23-29(34)26(17-36-13-15-41)38-30(23)37-24/h2-11,35-36,40-41H,12-17H2,1H3,(H,37,38). The summed E-state index contributed by atoms with van der Waals surface area (Å²) >= 11 is 20.6. The Morgan fingerprint density at radius 2 is 1.29 bits per heavy atom. The molecular formula is C31H30Cl3N5O3. The molecule has 0 saturated heterocycles. The van der Waals surface area contributed by atoms with Gasteiger partial charge in [-0.2, -0.15) is 0 Å². The maximum absolute atomic E-state index is 9.05. The molecule has 0 radical (unpaired) electrons.